The quantitative estimate of drug-likeness (QED) is 0.908. The Morgan fingerprint density at radius 1 is 1.35 bits per heavy atom. The number of amides is 1. The minimum Gasteiger partial charge on any atom is -0.351 e. The third kappa shape index (κ3) is 2.78. The monoisotopic (exact) mass is 270 g/mol. The van der Waals surface area contributed by atoms with Crippen molar-refractivity contribution in [3.63, 3.8) is 0 Å². The van der Waals surface area contributed by atoms with Gasteiger partial charge >= 0.3 is 0 Å². The number of rotatable bonds is 2. The van der Waals surface area contributed by atoms with E-state index in [-0.39, 0.29) is 5.76 Å². The molecular formula is C11H8Cl2N2O2. The molecule has 0 bridgehead atoms. The molecule has 1 N–H and O–H groups in total. The Bertz CT molecular complexity index is 566. The number of aryl methyl sites for hydroxylation is 1. The minimum atomic E-state index is -0.422. The number of carbonyl (C=O) groups excluding carboxylic acids is 1. The summed E-state index contributed by atoms with van der Waals surface area (Å²) < 4.78 is 4.83. The zero-order valence-electron chi connectivity index (χ0n) is 8.83. The first-order valence-corrected chi connectivity index (χ1v) is 5.51. The van der Waals surface area contributed by atoms with Crippen LogP contribution in [0.1, 0.15) is 16.2 Å². The van der Waals surface area contributed by atoms with Gasteiger partial charge in [0.15, 0.2) is 0 Å². The van der Waals surface area contributed by atoms with Gasteiger partial charge in [0.25, 0.3) is 5.91 Å². The van der Waals surface area contributed by atoms with Crippen molar-refractivity contribution in [3.05, 3.63) is 45.8 Å². The predicted molar refractivity (Wildman–Crippen MR) is 65.7 cm³/mol. The third-order valence-electron chi connectivity index (χ3n) is 2.03. The summed E-state index contributed by atoms with van der Waals surface area (Å²) in [7, 11) is 0. The minimum absolute atomic E-state index is 0.124. The van der Waals surface area contributed by atoms with Crippen LogP contribution in [0.3, 0.4) is 0 Å². The van der Waals surface area contributed by atoms with E-state index < -0.39 is 5.91 Å². The molecule has 0 aliphatic rings. The molecule has 6 heteroatoms. The van der Waals surface area contributed by atoms with Crippen LogP contribution >= 0.6 is 23.2 Å². The molecule has 17 heavy (non-hydrogen) atoms. The Hall–Kier alpha value is -1.52. The summed E-state index contributed by atoms with van der Waals surface area (Å²) >= 11 is 11.7. The second kappa shape index (κ2) is 4.77. The van der Waals surface area contributed by atoms with Crippen molar-refractivity contribution in [1.82, 2.24) is 5.16 Å². The standard InChI is InChI=1S/C11H8Cl2N2O2/c1-6-4-10(17-15-6)11(16)14-9-5-7(12)2-3-8(9)13/h2-5H,1H3,(H,14,16). The average Bonchev–Trinajstić information content (AvgIpc) is 2.70. The summed E-state index contributed by atoms with van der Waals surface area (Å²) in [6.07, 6.45) is 0. The highest BCUT2D eigenvalue weighted by molar-refractivity contribution is 6.35. The molecule has 0 radical (unpaired) electrons. The third-order valence-corrected chi connectivity index (χ3v) is 2.59. The molecule has 0 aliphatic heterocycles. The van der Waals surface area contributed by atoms with E-state index in [0.29, 0.717) is 21.4 Å². The summed E-state index contributed by atoms with van der Waals surface area (Å²) in [5.41, 5.74) is 1.06. The van der Waals surface area contributed by atoms with Crippen LogP contribution < -0.4 is 5.32 Å². The van der Waals surface area contributed by atoms with Crippen LogP contribution in [0, 0.1) is 6.92 Å². The molecule has 1 heterocycles. The van der Waals surface area contributed by atoms with Gasteiger partial charge in [0.2, 0.25) is 5.76 Å². The van der Waals surface area contributed by atoms with Crippen LogP contribution in [0.25, 0.3) is 0 Å². The first-order valence-electron chi connectivity index (χ1n) is 4.76. The molecule has 0 saturated heterocycles. The molecule has 0 saturated carbocycles. The SMILES string of the molecule is Cc1cc(C(=O)Nc2cc(Cl)ccc2Cl)on1. The number of halogens is 2. The second-order valence-corrected chi connectivity index (χ2v) is 4.25. The first kappa shape index (κ1) is 12.0. The number of nitrogens with zero attached hydrogens (tertiary/aromatic N) is 1. The lowest BCUT2D eigenvalue weighted by atomic mass is 10.3. The van der Waals surface area contributed by atoms with Crippen molar-refractivity contribution in [2.24, 2.45) is 0 Å². The Morgan fingerprint density at radius 2 is 2.12 bits per heavy atom. The van der Waals surface area contributed by atoms with E-state index in [2.05, 4.69) is 10.5 Å². The maximum absolute atomic E-state index is 11.7. The second-order valence-electron chi connectivity index (χ2n) is 3.41. The summed E-state index contributed by atoms with van der Waals surface area (Å²) in [4.78, 5) is 11.7. The Labute approximate surface area is 108 Å². The topological polar surface area (TPSA) is 55.1 Å². The van der Waals surface area contributed by atoms with Crippen molar-refractivity contribution in [2.75, 3.05) is 5.32 Å². The van der Waals surface area contributed by atoms with E-state index in [0.717, 1.165) is 0 Å². The van der Waals surface area contributed by atoms with Gasteiger partial charge in [0.1, 0.15) is 0 Å². The average molecular weight is 271 g/mol. The fraction of sp³-hybridized carbons (Fsp3) is 0.0909. The van der Waals surface area contributed by atoms with Gasteiger partial charge in [0.05, 0.1) is 16.4 Å². The number of nitrogens with one attached hydrogen (secondary N) is 1. The molecule has 88 valence electrons. The summed E-state index contributed by atoms with van der Waals surface area (Å²) in [6, 6.07) is 6.34. The number of hydrogen-bond acceptors (Lipinski definition) is 3. The van der Waals surface area contributed by atoms with Crippen molar-refractivity contribution >= 4 is 34.8 Å². The lowest BCUT2D eigenvalue weighted by molar-refractivity contribution is 0.0988. The zero-order chi connectivity index (χ0) is 12.4. The molecule has 1 aromatic heterocycles. The van der Waals surface area contributed by atoms with Crippen molar-refractivity contribution in [2.45, 2.75) is 6.92 Å². The van der Waals surface area contributed by atoms with Gasteiger partial charge in [-0.05, 0) is 25.1 Å². The van der Waals surface area contributed by atoms with E-state index in [1.165, 1.54) is 6.07 Å². The highest BCUT2D eigenvalue weighted by Gasteiger charge is 2.13. The van der Waals surface area contributed by atoms with Crippen LogP contribution in [0.5, 0.6) is 0 Å². The molecular weight excluding hydrogens is 263 g/mol. The molecule has 2 rings (SSSR count). The summed E-state index contributed by atoms with van der Waals surface area (Å²) in [6.45, 7) is 1.73. The lowest BCUT2D eigenvalue weighted by Gasteiger charge is -2.05. The summed E-state index contributed by atoms with van der Waals surface area (Å²) in [5.74, 6) is -0.298. The molecule has 1 amide bonds. The van der Waals surface area contributed by atoms with Crippen LogP contribution in [-0.2, 0) is 0 Å². The fourth-order valence-corrected chi connectivity index (χ4v) is 1.58. The van der Waals surface area contributed by atoms with Crippen LogP contribution in [-0.4, -0.2) is 11.1 Å². The molecule has 0 aliphatic carbocycles. The van der Waals surface area contributed by atoms with Gasteiger partial charge < -0.3 is 9.84 Å². The van der Waals surface area contributed by atoms with Crippen molar-refractivity contribution in [1.29, 1.82) is 0 Å². The van der Waals surface area contributed by atoms with Gasteiger partial charge in [-0.2, -0.15) is 0 Å². The van der Waals surface area contributed by atoms with E-state index in [1.807, 2.05) is 0 Å². The maximum atomic E-state index is 11.7. The van der Waals surface area contributed by atoms with Gasteiger partial charge in [-0.15, -0.1) is 0 Å². The molecule has 0 unspecified atom stereocenters. The Balaban J connectivity index is 2.21. The van der Waals surface area contributed by atoms with Gasteiger partial charge in [-0.3, -0.25) is 4.79 Å². The van der Waals surface area contributed by atoms with Crippen molar-refractivity contribution < 1.29 is 9.32 Å². The molecule has 0 atom stereocenters. The van der Waals surface area contributed by atoms with Crippen molar-refractivity contribution in [3.8, 4) is 0 Å². The zero-order valence-corrected chi connectivity index (χ0v) is 10.3. The van der Waals surface area contributed by atoms with Gasteiger partial charge in [0, 0.05) is 11.1 Å². The van der Waals surface area contributed by atoms with Crippen LogP contribution in [0.15, 0.2) is 28.8 Å². The number of benzene rings is 1. The maximum Gasteiger partial charge on any atom is 0.294 e. The number of aromatic nitrogens is 1. The van der Waals surface area contributed by atoms with Gasteiger partial charge in [-0.25, -0.2) is 0 Å². The predicted octanol–water partition coefficient (Wildman–Crippen LogP) is 3.54. The van der Waals surface area contributed by atoms with E-state index in [4.69, 9.17) is 27.7 Å². The lowest BCUT2D eigenvalue weighted by Crippen LogP contribution is -2.11. The Kier molecular flexibility index (Phi) is 3.36. The molecule has 2 aromatic rings. The highest BCUT2D eigenvalue weighted by Crippen LogP contribution is 2.25. The highest BCUT2D eigenvalue weighted by atomic mass is 35.5. The Morgan fingerprint density at radius 3 is 2.76 bits per heavy atom. The number of hydrogen-bond donors (Lipinski definition) is 1. The van der Waals surface area contributed by atoms with Gasteiger partial charge in [-0.1, -0.05) is 28.4 Å². The molecule has 1 aromatic carbocycles. The number of anilines is 1. The fourth-order valence-electron chi connectivity index (χ4n) is 1.25. The van der Waals surface area contributed by atoms with E-state index in [1.54, 1.807) is 25.1 Å². The van der Waals surface area contributed by atoms with Crippen LogP contribution in [0.4, 0.5) is 5.69 Å². The van der Waals surface area contributed by atoms with Crippen LogP contribution in [0.2, 0.25) is 10.0 Å². The first-order chi connectivity index (χ1) is 8.06. The summed E-state index contributed by atoms with van der Waals surface area (Å²) in [5, 5.41) is 7.10. The van der Waals surface area contributed by atoms with E-state index >= 15 is 0 Å². The molecule has 4 nitrogen and oxygen atoms in total. The smallest absolute Gasteiger partial charge is 0.294 e. The number of carbonyl (C=O) groups is 1. The molecule has 0 spiro atoms. The largest absolute Gasteiger partial charge is 0.351 e. The van der Waals surface area contributed by atoms with E-state index in [9.17, 15) is 4.79 Å². The normalized spacial score (nSPS) is 10.3. The molecule has 0 fully saturated rings.